The number of carbonyl (C=O) groups is 3. The predicted molar refractivity (Wildman–Crippen MR) is 113 cm³/mol. The van der Waals surface area contributed by atoms with Gasteiger partial charge < -0.3 is 14.1 Å². The van der Waals surface area contributed by atoms with Crippen LogP contribution in [0.4, 0.5) is 0 Å². The lowest BCUT2D eigenvalue weighted by Gasteiger charge is -2.28. The molecular weight excluding hydrogens is 410 g/mol. The number of fused-ring (bicyclic) bond motifs is 2. The molecule has 2 aromatic heterocycles. The van der Waals surface area contributed by atoms with Crippen LogP contribution in [0.3, 0.4) is 0 Å². The van der Waals surface area contributed by atoms with Crippen LogP contribution >= 0.6 is 0 Å². The number of rotatable bonds is 5. The molecule has 4 heterocycles. The molecule has 6 rings (SSSR count). The van der Waals surface area contributed by atoms with Crippen LogP contribution in [0, 0.1) is 0 Å². The molecule has 1 saturated carbocycles. The largest absolute Gasteiger partial charge is 0.497 e. The van der Waals surface area contributed by atoms with Gasteiger partial charge in [-0.15, -0.1) is 0 Å². The summed E-state index contributed by atoms with van der Waals surface area (Å²) in [5, 5.41) is 2.40. The van der Waals surface area contributed by atoms with Gasteiger partial charge in [-0.1, -0.05) is 6.07 Å². The van der Waals surface area contributed by atoms with E-state index in [0.29, 0.717) is 40.6 Å². The summed E-state index contributed by atoms with van der Waals surface area (Å²) < 4.78 is 11.3. The van der Waals surface area contributed by atoms with Crippen molar-refractivity contribution < 1.29 is 23.5 Å². The Hall–Kier alpha value is -3.68. The highest BCUT2D eigenvalue weighted by Crippen LogP contribution is 2.42. The third-order valence-corrected chi connectivity index (χ3v) is 6.67. The van der Waals surface area contributed by atoms with E-state index in [4.69, 9.17) is 14.1 Å². The molecule has 8 nitrogen and oxygen atoms in total. The molecule has 3 amide bonds. The van der Waals surface area contributed by atoms with E-state index in [1.54, 1.807) is 30.2 Å². The third kappa shape index (κ3) is 2.82. The smallest absolute Gasteiger partial charge is 0.254 e. The number of hydrogen-bond acceptors (Lipinski definition) is 6. The normalized spacial score (nSPS) is 22.5. The van der Waals surface area contributed by atoms with Gasteiger partial charge in [0, 0.05) is 36.3 Å². The molecule has 1 N–H and O–H groups in total. The number of furan rings is 1. The summed E-state index contributed by atoms with van der Waals surface area (Å²) in [6.45, 7) is 0.390. The van der Waals surface area contributed by atoms with Crippen LogP contribution in [-0.4, -0.2) is 41.3 Å². The molecule has 1 aromatic carbocycles. The molecule has 162 valence electrons. The molecular formula is C24H21N3O5. The summed E-state index contributed by atoms with van der Waals surface area (Å²) in [6, 6.07) is 10.9. The van der Waals surface area contributed by atoms with Crippen molar-refractivity contribution >= 4 is 28.8 Å². The van der Waals surface area contributed by atoms with Gasteiger partial charge in [0.25, 0.3) is 5.91 Å². The summed E-state index contributed by atoms with van der Waals surface area (Å²) in [6.07, 6.45) is 2.18. The second kappa shape index (κ2) is 6.66. The van der Waals surface area contributed by atoms with Crippen molar-refractivity contribution in [3.05, 3.63) is 59.0 Å². The van der Waals surface area contributed by atoms with Crippen molar-refractivity contribution in [2.75, 3.05) is 13.7 Å². The van der Waals surface area contributed by atoms with E-state index >= 15 is 0 Å². The number of pyridine rings is 1. The van der Waals surface area contributed by atoms with Gasteiger partial charge >= 0.3 is 0 Å². The number of methoxy groups -OCH3 is 1. The maximum Gasteiger partial charge on any atom is 0.254 e. The van der Waals surface area contributed by atoms with Gasteiger partial charge in [-0.3, -0.25) is 19.7 Å². The number of imide groups is 1. The van der Waals surface area contributed by atoms with Crippen LogP contribution in [-0.2, 0) is 21.5 Å². The molecule has 1 saturated heterocycles. The van der Waals surface area contributed by atoms with Crippen molar-refractivity contribution in [3.8, 4) is 5.75 Å². The number of amides is 3. The van der Waals surface area contributed by atoms with Crippen molar-refractivity contribution in [3.63, 3.8) is 0 Å². The van der Waals surface area contributed by atoms with E-state index in [9.17, 15) is 14.4 Å². The standard InChI is InChI=1S/C24H21N3O5/c1-31-15-5-4-14-11-27(22(29)16(14)8-15)12-24(10-21(28)26-23(24)30)20-9-18-19(32-20)7-6-17(25-18)13-2-3-13/h4-9,13H,2-3,10-12H2,1H3,(H,26,28,30)/t24-/m1/s1. The van der Waals surface area contributed by atoms with Crippen LogP contribution in [0.2, 0.25) is 0 Å². The fourth-order valence-corrected chi connectivity index (χ4v) is 4.75. The fourth-order valence-electron chi connectivity index (χ4n) is 4.75. The number of aromatic nitrogens is 1. The van der Waals surface area contributed by atoms with Gasteiger partial charge in [0.15, 0.2) is 5.58 Å². The number of benzene rings is 1. The maximum absolute atomic E-state index is 13.1. The number of carbonyl (C=O) groups excluding carboxylic acids is 3. The van der Waals surface area contributed by atoms with E-state index in [0.717, 1.165) is 24.1 Å². The molecule has 0 radical (unpaired) electrons. The average molecular weight is 431 g/mol. The summed E-state index contributed by atoms with van der Waals surface area (Å²) in [5.41, 5.74) is 2.36. The Labute approximate surface area is 183 Å². The first-order valence-corrected chi connectivity index (χ1v) is 10.7. The molecule has 0 spiro atoms. The van der Waals surface area contributed by atoms with Crippen LogP contribution < -0.4 is 10.1 Å². The fraction of sp³-hybridized carbons (Fsp3) is 0.333. The Morgan fingerprint density at radius 1 is 1.19 bits per heavy atom. The summed E-state index contributed by atoms with van der Waals surface area (Å²) in [5.74, 6) is 0.407. The molecule has 32 heavy (non-hydrogen) atoms. The van der Waals surface area contributed by atoms with E-state index in [1.165, 1.54) is 0 Å². The van der Waals surface area contributed by atoms with Crippen LogP contribution in [0.25, 0.3) is 11.1 Å². The highest BCUT2D eigenvalue weighted by atomic mass is 16.5. The molecule has 0 bridgehead atoms. The van der Waals surface area contributed by atoms with Gasteiger partial charge in [0.1, 0.15) is 22.4 Å². The first-order chi connectivity index (χ1) is 15.5. The van der Waals surface area contributed by atoms with Crippen molar-refractivity contribution in [1.29, 1.82) is 0 Å². The minimum Gasteiger partial charge on any atom is -0.497 e. The van der Waals surface area contributed by atoms with Gasteiger partial charge in [-0.2, -0.15) is 0 Å². The quantitative estimate of drug-likeness (QED) is 0.623. The second-order valence-electron chi connectivity index (χ2n) is 8.82. The lowest BCUT2D eigenvalue weighted by molar-refractivity contribution is -0.126. The van der Waals surface area contributed by atoms with Gasteiger partial charge in [-0.25, -0.2) is 4.98 Å². The van der Waals surface area contributed by atoms with Gasteiger partial charge in [0.2, 0.25) is 11.8 Å². The van der Waals surface area contributed by atoms with Gasteiger partial charge in [-0.05, 0) is 42.7 Å². The molecule has 2 fully saturated rings. The third-order valence-electron chi connectivity index (χ3n) is 6.67. The highest BCUT2D eigenvalue weighted by Gasteiger charge is 2.53. The molecule has 1 atom stereocenters. The number of nitrogens with one attached hydrogen (secondary N) is 1. The molecule has 2 aliphatic heterocycles. The van der Waals surface area contributed by atoms with E-state index in [1.807, 2.05) is 18.2 Å². The number of hydrogen-bond donors (Lipinski definition) is 1. The molecule has 8 heteroatoms. The zero-order chi connectivity index (χ0) is 22.0. The lowest BCUT2D eigenvalue weighted by Crippen LogP contribution is -2.46. The van der Waals surface area contributed by atoms with Crippen LogP contribution in [0.1, 0.15) is 52.6 Å². The number of nitrogens with zero attached hydrogens (tertiary/aromatic N) is 2. The second-order valence-corrected chi connectivity index (χ2v) is 8.82. The summed E-state index contributed by atoms with van der Waals surface area (Å²) in [4.78, 5) is 44.7. The van der Waals surface area contributed by atoms with E-state index in [-0.39, 0.29) is 24.8 Å². The zero-order valence-electron chi connectivity index (χ0n) is 17.5. The zero-order valence-corrected chi connectivity index (χ0v) is 17.5. The first kappa shape index (κ1) is 19.0. The lowest BCUT2D eigenvalue weighted by atomic mass is 9.82. The molecule has 3 aliphatic rings. The SMILES string of the molecule is COc1ccc2c(c1)C(=O)N(C[C@@]1(c3cc4nc(C5CC5)ccc4o3)CC(=O)NC1=O)C2. The summed E-state index contributed by atoms with van der Waals surface area (Å²) >= 11 is 0. The van der Waals surface area contributed by atoms with E-state index < -0.39 is 11.3 Å². The van der Waals surface area contributed by atoms with Crippen molar-refractivity contribution in [1.82, 2.24) is 15.2 Å². The molecule has 0 unspecified atom stereocenters. The Morgan fingerprint density at radius 3 is 2.75 bits per heavy atom. The monoisotopic (exact) mass is 431 g/mol. The highest BCUT2D eigenvalue weighted by molar-refractivity contribution is 6.10. The predicted octanol–water partition coefficient (Wildman–Crippen LogP) is 2.65. The van der Waals surface area contributed by atoms with Gasteiger partial charge in [0.05, 0.1) is 13.5 Å². The first-order valence-electron chi connectivity index (χ1n) is 10.7. The van der Waals surface area contributed by atoms with Crippen LogP contribution in [0.15, 0.2) is 40.8 Å². The van der Waals surface area contributed by atoms with Crippen LogP contribution in [0.5, 0.6) is 5.75 Å². The van der Waals surface area contributed by atoms with E-state index in [2.05, 4.69) is 5.32 Å². The Balaban J connectivity index is 1.38. The Morgan fingerprint density at radius 2 is 2.03 bits per heavy atom. The number of ether oxygens (including phenoxy) is 1. The van der Waals surface area contributed by atoms with Crippen molar-refractivity contribution in [2.45, 2.75) is 37.1 Å². The molecule has 1 aliphatic carbocycles. The summed E-state index contributed by atoms with van der Waals surface area (Å²) in [7, 11) is 1.55. The topological polar surface area (TPSA) is 102 Å². The minimum atomic E-state index is -1.29. The average Bonchev–Trinajstić information content (AvgIpc) is 3.39. The molecule has 3 aromatic rings. The minimum absolute atomic E-state index is 0.0374. The Bertz CT molecular complexity index is 1310. The van der Waals surface area contributed by atoms with Crippen molar-refractivity contribution in [2.24, 2.45) is 0 Å². The maximum atomic E-state index is 13.1. The Kier molecular flexibility index (Phi) is 3.96.